The average Bonchev–Trinajstić information content (AvgIpc) is 2.63. The molecule has 3 rings (SSSR count). The highest BCUT2D eigenvalue weighted by Gasteiger charge is 2.25. The van der Waals surface area contributed by atoms with E-state index in [0.717, 1.165) is 17.3 Å². The van der Waals surface area contributed by atoms with Gasteiger partial charge in [-0.3, -0.25) is 4.98 Å². The Morgan fingerprint density at radius 2 is 1.89 bits per heavy atom. The molecule has 1 nitrogen and oxygen atoms in total. The Balaban J connectivity index is 2.22. The lowest BCUT2D eigenvalue weighted by atomic mass is 9.87. The van der Waals surface area contributed by atoms with Crippen LogP contribution in [0.25, 0.3) is 0 Å². The number of halogens is 1. The number of hydrogen-bond donors (Lipinski definition) is 0. The van der Waals surface area contributed by atoms with Gasteiger partial charge in [-0.1, -0.05) is 65.1 Å². The second-order valence-corrected chi connectivity index (χ2v) is 5.73. The zero-order valence-electron chi connectivity index (χ0n) is 10.8. The van der Waals surface area contributed by atoms with Crippen LogP contribution < -0.4 is 0 Å². The molecule has 0 aliphatic heterocycles. The summed E-state index contributed by atoms with van der Waals surface area (Å²) in [7, 11) is 0. The molecule has 1 aliphatic rings. The van der Waals surface area contributed by atoms with E-state index in [1.807, 2.05) is 12.3 Å². The van der Waals surface area contributed by atoms with Crippen LogP contribution in [0.4, 0.5) is 0 Å². The van der Waals surface area contributed by atoms with Crippen molar-refractivity contribution in [3.63, 3.8) is 0 Å². The summed E-state index contributed by atoms with van der Waals surface area (Å²) in [4.78, 5) is 4.66. The molecule has 0 fully saturated rings. The zero-order valence-corrected chi connectivity index (χ0v) is 12.9. The van der Waals surface area contributed by atoms with Crippen LogP contribution in [0, 0.1) is 0 Å². The van der Waals surface area contributed by atoms with Gasteiger partial charge in [0.2, 0.25) is 0 Å². The molecule has 0 saturated carbocycles. The third-order valence-electron chi connectivity index (χ3n) is 3.81. The van der Waals surface area contributed by atoms with Crippen LogP contribution in [0.3, 0.4) is 0 Å². The second kappa shape index (κ2) is 5.45. The zero-order chi connectivity index (χ0) is 13.2. The van der Waals surface area contributed by atoms with Gasteiger partial charge in [-0.15, -0.1) is 0 Å². The van der Waals surface area contributed by atoms with E-state index < -0.39 is 0 Å². The maximum absolute atomic E-state index is 4.66. The van der Waals surface area contributed by atoms with Gasteiger partial charge in [0.15, 0.2) is 0 Å². The first-order chi connectivity index (χ1) is 9.31. The maximum atomic E-state index is 4.66. The van der Waals surface area contributed by atoms with Gasteiger partial charge >= 0.3 is 0 Å². The van der Waals surface area contributed by atoms with E-state index in [-0.39, 0.29) is 5.92 Å². The van der Waals surface area contributed by atoms with Crippen LogP contribution in [0.2, 0.25) is 0 Å². The van der Waals surface area contributed by atoms with E-state index in [0.29, 0.717) is 0 Å². The highest BCUT2D eigenvalue weighted by Crippen LogP contribution is 2.37. The lowest BCUT2D eigenvalue weighted by Gasteiger charge is -2.20. The number of nitrogens with zero attached hydrogens (tertiary/aromatic N) is 1. The van der Waals surface area contributed by atoms with Crippen molar-refractivity contribution in [3.8, 4) is 0 Å². The Morgan fingerprint density at radius 1 is 1.16 bits per heavy atom. The molecule has 0 bridgehead atoms. The van der Waals surface area contributed by atoms with Crippen LogP contribution in [0.15, 0.2) is 54.7 Å². The number of allylic oxidation sites excluding steroid dienone is 1. The summed E-state index contributed by atoms with van der Waals surface area (Å²) in [5, 5.41) is 0. The molecule has 1 heterocycles. The number of fused-ring (bicyclic) bond motifs is 2. The minimum Gasteiger partial charge on any atom is -0.260 e. The SMILES string of the molecule is C=C(CI)C1c2ccccc2CCc2cccnc21. The Labute approximate surface area is 127 Å². The van der Waals surface area contributed by atoms with Crippen molar-refractivity contribution in [3.05, 3.63) is 77.1 Å². The summed E-state index contributed by atoms with van der Waals surface area (Å²) in [5.41, 5.74) is 6.65. The van der Waals surface area contributed by atoms with Gasteiger partial charge in [-0.2, -0.15) is 0 Å². The fourth-order valence-electron chi connectivity index (χ4n) is 2.87. The number of alkyl halides is 1. The first kappa shape index (κ1) is 12.9. The van der Waals surface area contributed by atoms with Gasteiger partial charge in [0.1, 0.15) is 0 Å². The van der Waals surface area contributed by atoms with Crippen LogP contribution in [-0.4, -0.2) is 9.41 Å². The smallest absolute Gasteiger partial charge is 0.0551 e. The third kappa shape index (κ3) is 2.34. The van der Waals surface area contributed by atoms with Gasteiger partial charge in [0.25, 0.3) is 0 Å². The molecule has 1 unspecified atom stereocenters. The lowest BCUT2D eigenvalue weighted by molar-refractivity contribution is 0.892. The molecule has 2 aromatic rings. The van der Waals surface area contributed by atoms with Gasteiger partial charge in [-0.05, 0) is 35.6 Å². The predicted molar refractivity (Wildman–Crippen MR) is 88.0 cm³/mol. The summed E-state index contributed by atoms with van der Waals surface area (Å²) in [6.45, 7) is 4.29. The minimum atomic E-state index is 0.256. The van der Waals surface area contributed by atoms with Crippen LogP contribution in [-0.2, 0) is 12.8 Å². The van der Waals surface area contributed by atoms with E-state index in [1.165, 1.54) is 28.0 Å². The molecule has 0 radical (unpaired) electrons. The third-order valence-corrected chi connectivity index (χ3v) is 4.79. The van der Waals surface area contributed by atoms with E-state index in [2.05, 4.69) is 64.5 Å². The van der Waals surface area contributed by atoms with E-state index in [1.54, 1.807) is 0 Å². The first-order valence-electron chi connectivity index (χ1n) is 6.56. The van der Waals surface area contributed by atoms with Gasteiger partial charge in [-0.25, -0.2) is 0 Å². The van der Waals surface area contributed by atoms with Crippen molar-refractivity contribution >= 4 is 22.6 Å². The molecule has 2 heteroatoms. The Hall–Kier alpha value is -1.16. The summed E-state index contributed by atoms with van der Waals surface area (Å²) < 4.78 is 0.965. The predicted octanol–water partition coefficient (Wildman–Crippen LogP) is 4.30. The Kier molecular flexibility index (Phi) is 3.69. The number of hydrogen-bond acceptors (Lipinski definition) is 1. The number of aryl methyl sites for hydroxylation is 2. The molecular formula is C17H16IN. The molecule has 0 amide bonds. The topological polar surface area (TPSA) is 12.9 Å². The number of benzene rings is 1. The molecule has 1 atom stereocenters. The fourth-order valence-corrected chi connectivity index (χ4v) is 3.31. The Morgan fingerprint density at radius 3 is 2.74 bits per heavy atom. The summed E-state index contributed by atoms with van der Waals surface area (Å²) in [6, 6.07) is 13.0. The first-order valence-corrected chi connectivity index (χ1v) is 8.09. The number of aromatic nitrogens is 1. The fraction of sp³-hybridized carbons (Fsp3) is 0.235. The normalized spacial score (nSPS) is 17.2. The van der Waals surface area contributed by atoms with Gasteiger partial charge in [0, 0.05) is 16.5 Å². The van der Waals surface area contributed by atoms with Crippen LogP contribution in [0.1, 0.15) is 28.3 Å². The van der Waals surface area contributed by atoms with Crippen molar-refractivity contribution in [1.82, 2.24) is 4.98 Å². The molecule has 1 aromatic heterocycles. The quantitative estimate of drug-likeness (QED) is 0.442. The highest BCUT2D eigenvalue weighted by molar-refractivity contribution is 14.1. The summed E-state index contributed by atoms with van der Waals surface area (Å²) in [6.07, 6.45) is 4.07. The van der Waals surface area contributed by atoms with Crippen molar-refractivity contribution < 1.29 is 0 Å². The average molecular weight is 361 g/mol. The van der Waals surface area contributed by atoms with E-state index in [4.69, 9.17) is 0 Å². The lowest BCUT2D eigenvalue weighted by Crippen LogP contribution is -2.09. The van der Waals surface area contributed by atoms with Gasteiger partial charge < -0.3 is 0 Å². The van der Waals surface area contributed by atoms with Crippen molar-refractivity contribution in [1.29, 1.82) is 0 Å². The maximum Gasteiger partial charge on any atom is 0.0551 e. The monoisotopic (exact) mass is 361 g/mol. The van der Waals surface area contributed by atoms with E-state index >= 15 is 0 Å². The van der Waals surface area contributed by atoms with Crippen LogP contribution >= 0.6 is 22.6 Å². The molecule has 0 saturated heterocycles. The van der Waals surface area contributed by atoms with Crippen molar-refractivity contribution in [2.45, 2.75) is 18.8 Å². The number of pyridine rings is 1. The largest absolute Gasteiger partial charge is 0.260 e. The Bertz CT molecular complexity index is 571. The molecule has 19 heavy (non-hydrogen) atoms. The molecule has 0 spiro atoms. The summed E-state index contributed by atoms with van der Waals surface area (Å²) >= 11 is 2.40. The van der Waals surface area contributed by atoms with E-state index in [9.17, 15) is 0 Å². The van der Waals surface area contributed by atoms with Crippen molar-refractivity contribution in [2.24, 2.45) is 0 Å². The molecule has 1 aliphatic carbocycles. The highest BCUT2D eigenvalue weighted by atomic mass is 127. The number of rotatable bonds is 2. The molecule has 0 N–H and O–H groups in total. The van der Waals surface area contributed by atoms with Crippen LogP contribution in [0.5, 0.6) is 0 Å². The standard InChI is InChI=1S/C17H16IN/c1-12(11-18)16-15-7-3-2-5-13(15)8-9-14-6-4-10-19-17(14)16/h2-7,10,16H,1,8-9,11H2. The summed E-state index contributed by atoms with van der Waals surface area (Å²) in [5.74, 6) is 0.256. The minimum absolute atomic E-state index is 0.256. The second-order valence-electron chi connectivity index (χ2n) is 4.97. The molecule has 1 aromatic carbocycles. The molecule has 96 valence electrons. The van der Waals surface area contributed by atoms with Gasteiger partial charge in [0.05, 0.1) is 5.69 Å². The van der Waals surface area contributed by atoms with Crippen molar-refractivity contribution in [2.75, 3.05) is 4.43 Å². The molecular weight excluding hydrogens is 345 g/mol.